The minimum absolute atomic E-state index is 0.297. The zero-order valence-electron chi connectivity index (χ0n) is 15.8. The third-order valence-electron chi connectivity index (χ3n) is 4.08. The van der Waals surface area contributed by atoms with Gasteiger partial charge in [0, 0.05) is 26.4 Å². The zero-order chi connectivity index (χ0) is 19.5. The van der Waals surface area contributed by atoms with E-state index in [9.17, 15) is 9.59 Å². The molecule has 0 aliphatic carbocycles. The number of carbonyl (C=O) groups is 2. The second kappa shape index (κ2) is 7.84. The molecule has 2 amide bonds. The third-order valence-corrected chi connectivity index (χ3v) is 5.78. The summed E-state index contributed by atoms with van der Waals surface area (Å²) in [5.74, 6) is -1.49. The molecule has 0 spiro atoms. The second-order valence-electron chi connectivity index (χ2n) is 7.46. The minimum Gasteiger partial charge on any atom is -0.365 e. The SMILES string of the molecule is C=C(C(N)=O)C(=O)Nc1cnc2ccn(COCC[Si](C)(C)C)c2c1C. The van der Waals surface area contributed by atoms with Gasteiger partial charge in [0.2, 0.25) is 0 Å². The maximum Gasteiger partial charge on any atom is 0.260 e. The van der Waals surface area contributed by atoms with Crippen LogP contribution < -0.4 is 11.1 Å². The number of pyridine rings is 1. The molecular weight excluding hydrogens is 348 g/mol. The molecule has 0 bridgehead atoms. The second-order valence-corrected chi connectivity index (χ2v) is 13.1. The Kier molecular flexibility index (Phi) is 5.99. The van der Waals surface area contributed by atoms with Gasteiger partial charge in [0.1, 0.15) is 6.73 Å². The molecule has 2 aromatic heterocycles. The van der Waals surface area contributed by atoms with E-state index in [0.717, 1.165) is 29.2 Å². The van der Waals surface area contributed by atoms with Crippen LogP contribution in [0, 0.1) is 6.92 Å². The van der Waals surface area contributed by atoms with Gasteiger partial charge in [-0.25, -0.2) is 0 Å². The lowest BCUT2D eigenvalue weighted by Crippen LogP contribution is -2.25. The Labute approximate surface area is 154 Å². The van der Waals surface area contributed by atoms with Gasteiger partial charge in [-0.15, -0.1) is 0 Å². The van der Waals surface area contributed by atoms with Gasteiger partial charge < -0.3 is 20.4 Å². The number of ether oxygens (including phenoxy) is 1. The predicted molar refractivity (Wildman–Crippen MR) is 106 cm³/mol. The van der Waals surface area contributed by atoms with E-state index < -0.39 is 19.9 Å². The number of hydrogen-bond donors (Lipinski definition) is 2. The molecule has 0 fully saturated rings. The van der Waals surface area contributed by atoms with Crippen LogP contribution >= 0.6 is 0 Å². The number of fused-ring (bicyclic) bond motifs is 1. The normalized spacial score (nSPS) is 11.5. The van der Waals surface area contributed by atoms with Crippen molar-refractivity contribution < 1.29 is 14.3 Å². The first-order valence-corrected chi connectivity index (χ1v) is 12.1. The van der Waals surface area contributed by atoms with Crippen molar-refractivity contribution in [2.45, 2.75) is 39.3 Å². The minimum atomic E-state index is -1.13. The summed E-state index contributed by atoms with van der Waals surface area (Å²) in [6, 6.07) is 3.00. The van der Waals surface area contributed by atoms with Crippen LogP contribution in [0.3, 0.4) is 0 Å². The molecular formula is C18H26N4O3Si. The molecule has 0 aliphatic rings. The molecule has 0 radical (unpaired) electrons. The maximum atomic E-state index is 12.0. The Morgan fingerprint density at radius 2 is 2.08 bits per heavy atom. The molecule has 7 nitrogen and oxygen atoms in total. The number of nitrogens with one attached hydrogen (secondary N) is 1. The number of primary amides is 1. The smallest absolute Gasteiger partial charge is 0.260 e. The lowest BCUT2D eigenvalue weighted by molar-refractivity contribution is -0.119. The average molecular weight is 375 g/mol. The number of hydrogen-bond acceptors (Lipinski definition) is 4. The summed E-state index contributed by atoms with van der Waals surface area (Å²) in [7, 11) is -1.13. The Bertz CT molecular complexity index is 852. The number of amides is 2. The van der Waals surface area contributed by atoms with Gasteiger partial charge in [0.15, 0.2) is 0 Å². The van der Waals surface area contributed by atoms with E-state index in [1.165, 1.54) is 0 Å². The summed E-state index contributed by atoms with van der Waals surface area (Å²) in [5, 5.41) is 2.64. The molecule has 0 saturated heterocycles. The van der Waals surface area contributed by atoms with Gasteiger partial charge >= 0.3 is 0 Å². The highest BCUT2D eigenvalue weighted by Crippen LogP contribution is 2.25. The van der Waals surface area contributed by atoms with Crippen molar-refractivity contribution in [3.05, 3.63) is 36.2 Å². The van der Waals surface area contributed by atoms with Crippen LogP contribution in [-0.4, -0.2) is 36.0 Å². The van der Waals surface area contributed by atoms with Crippen molar-refractivity contribution >= 4 is 36.6 Å². The van der Waals surface area contributed by atoms with E-state index in [2.05, 4.69) is 36.5 Å². The van der Waals surface area contributed by atoms with Crippen molar-refractivity contribution in [3.8, 4) is 0 Å². The standard InChI is InChI=1S/C18H26N4O3Si/c1-12-15(21-18(24)13(2)17(19)23)10-20-14-6-7-22(16(12)14)11-25-8-9-26(3,4)5/h6-7,10H,2,8-9,11H2,1,3-5H3,(H2,19,23)(H,21,24). The number of anilines is 1. The molecule has 140 valence electrons. The molecule has 0 aromatic carbocycles. The topological polar surface area (TPSA) is 99.2 Å². The molecule has 3 N–H and O–H groups in total. The molecule has 0 aliphatic heterocycles. The largest absolute Gasteiger partial charge is 0.365 e. The molecule has 2 aromatic rings. The highest BCUT2D eigenvalue weighted by Gasteiger charge is 2.16. The Morgan fingerprint density at radius 3 is 2.69 bits per heavy atom. The summed E-state index contributed by atoms with van der Waals surface area (Å²) in [4.78, 5) is 27.4. The van der Waals surface area contributed by atoms with E-state index in [1.54, 1.807) is 6.20 Å². The fraction of sp³-hybridized carbons (Fsp3) is 0.389. The fourth-order valence-corrected chi connectivity index (χ4v) is 3.17. The van der Waals surface area contributed by atoms with Crippen LogP contribution in [-0.2, 0) is 21.1 Å². The first-order chi connectivity index (χ1) is 12.1. The van der Waals surface area contributed by atoms with Gasteiger partial charge in [-0.05, 0) is 19.0 Å². The first-order valence-electron chi connectivity index (χ1n) is 8.42. The Hall–Kier alpha value is -2.45. The molecule has 0 saturated carbocycles. The molecule has 0 unspecified atom stereocenters. The number of aryl methyl sites for hydroxylation is 1. The quantitative estimate of drug-likeness (QED) is 0.244. The number of carbonyl (C=O) groups excluding carboxylic acids is 2. The molecule has 2 rings (SSSR count). The van der Waals surface area contributed by atoms with Gasteiger partial charge in [-0.2, -0.15) is 0 Å². The van der Waals surface area contributed by atoms with Crippen molar-refractivity contribution in [1.82, 2.24) is 9.55 Å². The van der Waals surface area contributed by atoms with Crippen LogP contribution in [0.1, 0.15) is 5.56 Å². The fourth-order valence-electron chi connectivity index (χ4n) is 2.42. The van der Waals surface area contributed by atoms with Crippen LogP contribution in [0.2, 0.25) is 25.7 Å². The summed E-state index contributed by atoms with van der Waals surface area (Å²) in [6.07, 6.45) is 3.47. The number of nitrogens with two attached hydrogens (primary N) is 1. The molecule has 26 heavy (non-hydrogen) atoms. The Balaban J connectivity index is 2.17. The van der Waals surface area contributed by atoms with E-state index in [1.807, 2.05) is 23.8 Å². The van der Waals surface area contributed by atoms with Gasteiger partial charge in [0.25, 0.3) is 11.8 Å². The van der Waals surface area contributed by atoms with Crippen molar-refractivity contribution in [1.29, 1.82) is 0 Å². The first kappa shape index (κ1) is 19.9. The van der Waals surface area contributed by atoms with Crippen LogP contribution in [0.5, 0.6) is 0 Å². The van der Waals surface area contributed by atoms with Gasteiger partial charge in [0.05, 0.1) is 28.5 Å². The van der Waals surface area contributed by atoms with Gasteiger partial charge in [-0.1, -0.05) is 26.2 Å². The predicted octanol–water partition coefficient (Wildman–Crippen LogP) is 2.64. The van der Waals surface area contributed by atoms with Crippen molar-refractivity contribution in [2.24, 2.45) is 5.73 Å². The highest BCUT2D eigenvalue weighted by molar-refractivity contribution is 6.76. The number of nitrogens with zero attached hydrogens (tertiary/aromatic N) is 2. The van der Waals surface area contributed by atoms with Crippen molar-refractivity contribution in [2.75, 3.05) is 11.9 Å². The summed E-state index contributed by atoms with van der Waals surface area (Å²) in [5.41, 5.74) is 7.82. The average Bonchev–Trinajstić information content (AvgIpc) is 2.96. The van der Waals surface area contributed by atoms with Crippen LogP contribution in [0.15, 0.2) is 30.6 Å². The number of aromatic nitrogens is 2. The summed E-state index contributed by atoms with van der Waals surface area (Å²) in [6.45, 7) is 13.3. The van der Waals surface area contributed by atoms with Crippen LogP contribution in [0.4, 0.5) is 5.69 Å². The van der Waals surface area contributed by atoms with Crippen molar-refractivity contribution in [3.63, 3.8) is 0 Å². The lowest BCUT2D eigenvalue weighted by Gasteiger charge is -2.16. The van der Waals surface area contributed by atoms with E-state index in [0.29, 0.717) is 12.4 Å². The highest BCUT2D eigenvalue weighted by atomic mass is 28.3. The lowest BCUT2D eigenvalue weighted by atomic mass is 10.2. The van der Waals surface area contributed by atoms with Crippen LogP contribution in [0.25, 0.3) is 11.0 Å². The molecule has 0 atom stereocenters. The van der Waals surface area contributed by atoms with E-state index in [-0.39, 0.29) is 5.57 Å². The third kappa shape index (κ3) is 4.80. The zero-order valence-corrected chi connectivity index (χ0v) is 16.8. The summed E-state index contributed by atoms with van der Waals surface area (Å²) < 4.78 is 7.77. The summed E-state index contributed by atoms with van der Waals surface area (Å²) >= 11 is 0. The number of rotatable bonds is 8. The Morgan fingerprint density at radius 1 is 1.38 bits per heavy atom. The maximum absolute atomic E-state index is 12.0. The van der Waals surface area contributed by atoms with E-state index >= 15 is 0 Å². The van der Waals surface area contributed by atoms with E-state index in [4.69, 9.17) is 10.5 Å². The van der Waals surface area contributed by atoms with Gasteiger partial charge in [-0.3, -0.25) is 14.6 Å². The molecule has 2 heterocycles. The monoisotopic (exact) mass is 374 g/mol. The molecule has 8 heteroatoms.